The fraction of sp³-hybridized carbons (Fsp3) is 0.300. The molecule has 4 heteroatoms. The molecule has 1 aliphatic rings. The summed E-state index contributed by atoms with van der Waals surface area (Å²) in [5.74, 6) is -0.496. The van der Waals surface area contributed by atoms with Gasteiger partial charge in [0, 0.05) is 5.57 Å². The summed E-state index contributed by atoms with van der Waals surface area (Å²) in [6.45, 7) is 3.23. The number of hydrogen-bond donors (Lipinski definition) is 0. The van der Waals surface area contributed by atoms with Crippen LogP contribution < -0.4 is 0 Å². The van der Waals surface area contributed by atoms with Crippen molar-refractivity contribution in [2.24, 2.45) is 5.41 Å². The minimum absolute atomic E-state index is 0. The summed E-state index contributed by atoms with van der Waals surface area (Å²) in [5, 5.41) is 8.77. The summed E-state index contributed by atoms with van der Waals surface area (Å²) in [7, 11) is 0. The van der Waals surface area contributed by atoms with E-state index in [4.69, 9.17) is 5.26 Å². The Labute approximate surface area is 88.5 Å². The smallest absolute Gasteiger partial charge is 0.183 e. The van der Waals surface area contributed by atoms with Gasteiger partial charge in [-0.3, -0.25) is 9.59 Å². The van der Waals surface area contributed by atoms with Gasteiger partial charge < -0.3 is 0 Å². The number of allylic oxidation sites excluding steroid dienone is 4. The Bertz CT molecular complexity index is 372. The van der Waals surface area contributed by atoms with Crippen molar-refractivity contribution in [2.75, 3.05) is 0 Å². The van der Waals surface area contributed by atoms with E-state index in [0.29, 0.717) is 0 Å². The lowest BCUT2D eigenvalue weighted by Crippen LogP contribution is -2.21. The second kappa shape index (κ2) is 4.21. The highest BCUT2D eigenvalue weighted by Gasteiger charge is 2.29. The number of rotatable bonds is 1. The first-order valence-corrected chi connectivity index (χ1v) is 3.87. The van der Waals surface area contributed by atoms with Crippen molar-refractivity contribution in [3.05, 3.63) is 23.8 Å². The normalized spacial score (nSPS) is 15.6. The number of carbonyl (C=O) groups is 2. The second-order valence-corrected chi connectivity index (χ2v) is 3.39. The van der Waals surface area contributed by atoms with E-state index < -0.39 is 5.41 Å². The number of nitriles is 1. The molecule has 0 atom stereocenters. The van der Waals surface area contributed by atoms with Crippen molar-refractivity contribution in [3.8, 4) is 6.07 Å². The molecule has 0 amide bonds. The molecule has 0 aliphatic heterocycles. The Morgan fingerprint density at radius 3 is 2.36 bits per heavy atom. The quantitative estimate of drug-likeness (QED) is 0.619. The van der Waals surface area contributed by atoms with Crippen LogP contribution in [0.5, 0.6) is 0 Å². The van der Waals surface area contributed by atoms with E-state index in [2.05, 4.69) is 0 Å². The van der Waals surface area contributed by atoms with Crippen molar-refractivity contribution in [3.63, 3.8) is 0 Å². The van der Waals surface area contributed by atoms with E-state index in [9.17, 15) is 9.59 Å². The largest absolute Gasteiger partial charge is 0.290 e. The zero-order valence-electron chi connectivity index (χ0n) is 7.90. The first kappa shape index (κ1) is 12.6. The molecule has 0 spiro atoms. The summed E-state index contributed by atoms with van der Waals surface area (Å²) in [6.07, 6.45) is 3.64. The third kappa shape index (κ3) is 2.30. The molecule has 14 heavy (non-hydrogen) atoms. The number of ketones is 2. The number of hydrogen-bond acceptors (Lipinski definition) is 3. The van der Waals surface area contributed by atoms with Gasteiger partial charge in [-0.05, 0) is 32.1 Å². The average Bonchev–Trinajstić information content (AvgIpc) is 2.09. The average molecular weight is 212 g/mol. The lowest BCUT2D eigenvalue weighted by Gasteiger charge is -2.18. The molecule has 0 N–H and O–H groups in total. The summed E-state index contributed by atoms with van der Waals surface area (Å²) in [5.41, 5.74) is -0.625. The Kier molecular flexibility index (Phi) is 3.79. The molecule has 0 unspecified atom stereocenters. The van der Waals surface area contributed by atoms with E-state index in [1.807, 2.05) is 6.07 Å². The van der Waals surface area contributed by atoms with E-state index in [0.717, 1.165) is 0 Å². The highest BCUT2D eigenvalue weighted by Crippen LogP contribution is 2.27. The lowest BCUT2D eigenvalue weighted by atomic mass is 9.81. The molecule has 0 bridgehead atoms. The van der Waals surface area contributed by atoms with Crippen LogP contribution in [0.15, 0.2) is 23.8 Å². The van der Waals surface area contributed by atoms with Crippen molar-refractivity contribution in [1.29, 1.82) is 5.26 Å². The van der Waals surface area contributed by atoms with Crippen LogP contribution in [0, 0.1) is 16.7 Å². The van der Waals surface area contributed by atoms with E-state index in [1.54, 1.807) is 13.8 Å². The molecule has 1 rings (SSSR count). The van der Waals surface area contributed by atoms with E-state index >= 15 is 0 Å². The SMILES string of the molecule is CC(C)(C#N)C1=CC(=O)C=CC1=O.Cl. The summed E-state index contributed by atoms with van der Waals surface area (Å²) >= 11 is 0. The third-order valence-electron chi connectivity index (χ3n) is 1.90. The summed E-state index contributed by atoms with van der Waals surface area (Å²) < 4.78 is 0. The van der Waals surface area contributed by atoms with Crippen LogP contribution >= 0.6 is 12.4 Å². The minimum Gasteiger partial charge on any atom is -0.290 e. The van der Waals surface area contributed by atoms with Crippen LogP contribution in [0.25, 0.3) is 0 Å². The van der Waals surface area contributed by atoms with Gasteiger partial charge >= 0.3 is 0 Å². The maximum Gasteiger partial charge on any atom is 0.183 e. The standard InChI is InChI=1S/C10H9NO2.ClH/c1-10(2,6-11)8-5-7(12)3-4-9(8)13;/h3-5H,1-2H3;1H. The molecule has 0 aromatic carbocycles. The van der Waals surface area contributed by atoms with Crippen LogP contribution in [-0.4, -0.2) is 11.6 Å². The zero-order chi connectivity index (χ0) is 10.1. The van der Waals surface area contributed by atoms with Gasteiger partial charge in [-0.1, -0.05) is 0 Å². The number of halogens is 1. The minimum atomic E-state index is -0.891. The Morgan fingerprint density at radius 1 is 1.29 bits per heavy atom. The molecule has 1 aliphatic carbocycles. The molecule has 0 saturated carbocycles. The van der Waals surface area contributed by atoms with Gasteiger partial charge in [-0.2, -0.15) is 5.26 Å². The number of carbonyl (C=O) groups excluding carboxylic acids is 2. The molecule has 0 heterocycles. The van der Waals surface area contributed by atoms with Gasteiger partial charge in [-0.15, -0.1) is 12.4 Å². The van der Waals surface area contributed by atoms with Crippen molar-refractivity contribution in [2.45, 2.75) is 13.8 Å². The fourth-order valence-electron chi connectivity index (χ4n) is 1.06. The second-order valence-electron chi connectivity index (χ2n) is 3.39. The first-order chi connectivity index (χ1) is 5.97. The highest BCUT2D eigenvalue weighted by molar-refractivity contribution is 6.18. The van der Waals surface area contributed by atoms with Crippen molar-refractivity contribution < 1.29 is 9.59 Å². The van der Waals surface area contributed by atoms with E-state index in [-0.39, 0.29) is 29.5 Å². The van der Waals surface area contributed by atoms with Gasteiger partial charge in [0.2, 0.25) is 0 Å². The van der Waals surface area contributed by atoms with Gasteiger partial charge in [0.15, 0.2) is 11.6 Å². The molecule has 0 aromatic heterocycles. The van der Waals surface area contributed by atoms with Crippen molar-refractivity contribution in [1.82, 2.24) is 0 Å². The summed E-state index contributed by atoms with van der Waals surface area (Å²) in [4.78, 5) is 22.2. The Morgan fingerprint density at radius 2 is 1.86 bits per heavy atom. The molecule has 74 valence electrons. The third-order valence-corrected chi connectivity index (χ3v) is 1.90. The molecule has 3 nitrogen and oxygen atoms in total. The van der Waals surface area contributed by atoms with Crippen LogP contribution in [0.4, 0.5) is 0 Å². The lowest BCUT2D eigenvalue weighted by molar-refractivity contribution is -0.115. The summed E-state index contributed by atoms with van der Waals surface area (Å²) in [6, 6.07) is 1.99. The predicted octanol–water partition coefficient (Wildman–Crippen LogP) is 1.59. The maximum atomic E-state index is 11.3. The van der Waals surface area contributed by atoms with Crippen molar-refractivity contribution >= 4 is 24.0 Å². The topological polar surface area (TPSA) is 57.9 Å². The Hall–Kier alpha value is -1.40. The van der Waals surface area contributed by atoms with Crippen LogP contribution in [0.3, 0.4) is 0 Å². The zero-order valence-corrected chi connectivity index (χ0v) is 8.72. The van der Waals surface area contributed by atoms with Crippen LogP contribution in [0.1, 0.15) is 13.8 Å². The molecule has 0 aromatic rings. The Balaban J connectivity index is 0.00000169. The van der Waals surface area contributed by atoms with Gasteiger partial charge in [0.25, 0.3) is 0 Å². The maximum absolute atomic E-state index is 11.3. The van der Waals surface area contributed by atoms with Crippen LogP contribution in [-0.2, 0) is 9.59 Å². The van der Waals surface area contributed by atoms with Gasteiger partial charge in [0.1, 0.15) is 0 Å². The molecular formula is C10H10ClNO2. The van der Waals surface area contributed by atoms with Gasteiger partial charge in [0.05, 0.1) is 11.5 Å². The first-order valence-electron chi connectivity index (χ1n) is 3.87. The molecular weight excluding hydrogens is 202 g/mol. The highest BCUT2D eigenvalue weighted by atomic mass is 35.5. The molecule has 0 saturated heterocycles. The molecule has 0 radical (unpaired) electrons. The predicted molar refractivity (Wildman–Crippen MR) is 53.9 cm³/mol. The van der Waals surface area contributed by atoms with Gasteiger partial charge in [-0.25, -0.2) is 0 Å². The number of nitrogens with zero attached hydrogens (tertiary/aromatic N) is 1. The van der Waals surface area contributed by atoms with E-state index in [1.165, 1.54) is 18.2 Å². The fourth-order valence-corrected chi connectivity index (χ4v) is 1.06. The van der Waals surface area contributed by atoms with Crippen LogP contribution in [0.2, 0.25) is 0 Å². The monoisotopic (exact) mass is 211 g/mol. The molecule has 0 fully saturated rings.